The highest BCUT2D eigenvalue weighted by molar-refractivity contribution is 5.16. The van der Waals surface area contributed by atoms with E-state index < -0.39 is 0 Å². The highest BCUT2D eigenvalue weighted by atomic mass is 16.3. The van der Waals surface area contributed by atoms with Crippen molar-refractivity contribution in [2.75, 3.05) is 20.1 Å². The van der Waals surface area contributed by atoms with E-state index in [0.717, 1.165) is 31.3 Å². The Labute approximate surface area is 112 Å². The van der Waals surface area contributed by atoms with E-state index in [0.29, 0.717) is 0 Å². The predicted octanol–water partition coefficient (Wildman–Crippen LogP) is 3.26. The molecule has 0 saturated heterocycles. The minimum Gasteiger partial charge on any atom is -0.468 e. The largest absolute Gasteiger partial charge is 0.468 e. The standard InChI is InChI=1S/C15H28N2O/c1-5-13(6-2)11-17(7-3)12-15-14(10-16-4)8-9-18-15/h8-9,13,16H,5-7,10-12H2,1-4H3. The van der Waals surface area contributed by atoms with E-state index in [1.165, 1.54) is 24.9 Å². The zero-order chi connectivity index (χ0) is 13.4. The summed E-state index contributed by atoms with van der Waals surface area (Å²) in [5, 5.41) is 3.19. The number of nitrogens with zero attached hydrogens (tertiary/aromatic N) is 1. The van der Waals surface area contributed by atoms with Gasteiger partial charge >= 0.3 is 0 Å². The second-order valence-electron chi connectivity index (χ2n) is 4.91. The fourth-order valence-corrected chi connectivity index (χ4v) is 2.27. The molecule has 0 bridgehead atoms. The summed E-state index contributed by atoms with van der Waals surface area (Å²) in [4.78, 5) is 2.48. The average Bonchev–Trinajstić information content (AvgIpc) is 2.82. The fraction of sp³-hybridized carbons (Fsp3) is 0.733. The molecule has 0 amide bonds. The van der Waals surface area contributed by atoms with Gasteiger partial charge in [0.1, 0.15) is 5.76 Å². The minimum absolute atomic E-state index is 0.799. The maximum atomic E-state index is 5.62. The summed E-state index contributed by atoms with van der Waals surface area (Å²) in [6, 6.07) is 2.07. The molecule has 0 spiro atoms. The van der Waals surface area contributed by atoms with Crippen molar-refractivity contribution in [3.05, 3.63) is 23.7 Å². The van der Waals surface area contributed by atoms with Gasteiger partial charge in [0.05, 0.1) is 12.8 Å². The molecule has 0 fully saturated rings. The van der Waals surface area contributed by atoms with E-state index >= 15 is 0 Å². The Hall–Kier alpha value is -0.800. The van der Waals surface area contributed by atoms with Crippen LogP contribution in [0.15, 0.2) is 16.7 Å². The molecule has 0 atom stereocenters. The van der Waals surface area contributed by atoms with Gasteiger partial charge in [-0.15, -0.1) is 0 Å². The SMILES string of the molecule is CCC(CC)CN(CC)Cc1occc1CNC. The molecule has 0 aliphatic carbocycles. The Morgan fingerprint density at radius 1 is 1.28 bits per heavy atom. The van der Waals surface area contributed by atoms with Crippen molar-refractivity contribution in [2.45, 2.75) is 46.7 Å². The van der Waals surface area contributed by atoms with Crippen molar-refractivity contribution in [2.24, 2.45) is 5.92 Å². The number of furan rings is 1. The second-order valence-corrected chi connectivity index (χ2v) is 4.91. The summed E-state index contributed by atoms with van der Waals surface area (Å²) >= 11 is 0. The first-order valence-electron chi connectivity index (χ1n) is 7.17. The summed E-state index contributed by atoms with van der Waals surface area (Å²) in [6.45, 7) is 10.8. The van der Waals surface area contributed by atoms with Crippen molar-refractivity contribution < 1.29 is 4.42 Å². The molecular weight excluding hydrogens is 224 g/mol. The third-order valence-electron chi connectivity index (χ3n) is 3.69. The van der Waals surface area contributed by atoms with Gasteiger partial charge in [0.25, 0.3) is 0 Å². The Morgan fingerprint density at radius 2 is 2.00 bits per heavy atom. The van der Waals surface area contributed by atoms with E-state index in [1.807, 2.05) is 7.05 Å². The van der Waals surface area contributed by atoms with Gasteiger partial charge in [-0.1, -0.05) is 33.6 Å². The number of nitrogens with one attached hydrogen (secondary N) is 1. The van der Waals surface area contributed by atoms with Gasteiger partial charge in [-0.2, -0.15) is 0 Å². The molecule has 1 aromatic rings. The number of rotatable bonds is 9. The molecule has 1 rings (SSSR count). The monoisotopic (exact) mass is 252 g/mol. The predicted molar refractivity (Wildman–Crippen MR) is 76.5 cm³/mol. The van der Waals surface area contributed by atoms with Crippen LogP contribution >= 0.6 is 0 Å². The van der Waals surface area contributed by atoms with Crippen LogP contribution in [0.1, 0.15) is 44.9 Å². The fourth-order valence-electron chi connectivity index (χ4n) is 2.27. The van der Waals surface area contributed by atoms with Crippen molar-refractivity contribution >= 4 is 0 Å². The first kappa shape index (κ1) is 15.3. The quantitative estimate of drug-likeness (QED) is 0.731. The Kier molecular flexibility index (Phi) is 7.06. The molecule has 0 unspecified atom stereocenters. The average molecular weight is 252 g/mol. The molecule has 0 aliphatic rings. The molecule has 0 aromatic carbocycles. The molecule has 0 radical (unpaired) electrons. The second kappa shape index (κ2) is 8.33. The van der Waals surface area contributed by atoms with E-state index in [2.05, 4.69) is 37.1 Å². The summed E-state index contributed by atoms with van der Waals surface area (Å²) in [7, 11) is 1.97. The van der Waals surface area contributed by atoms with Crippen LogP contribution in [0.5, 0.6) is 0 Å². The molecular formula is C15H28N2O. The lowest BCUT2D eigenvalue weighted by atomic mass is 10.0. The Bertz CT molecular complexity index is 318. The third kappa shape index (κ3) is 4.46. The highest BCUT2D eigenvalue weighted by Crippen LogP contribution is 2.16. The van der Waals surface area contributed by atoms with E-state index in [1.54, 1.807) is 6.26 Å². The van der Waals surface area contributed by atoms with Crippen LogP contribution < -0.4 is 5.32 Å². The van der Waals surface area contributed by atoms with Crippen LogP contribution in [0, 0.1) is 5.92 Å². The van der Waals surface area contributed by atoms with Gasteiger partial charge < -0.3 is 9.73 Å². The molecule has 3 heteroatoms. The molecule has 1 aromatic heterocycles. The summed E-state index contributed by atoms with van der Waals surface area (Å²) in [5.41, 5.74) is 1.28. The molecule has 1 heterocycles. The lowest BCUT2D eigenvalue weighted by Gasteiger charge is -2.24. The van der Waals surface area contributed by atoms with Gasteiger partial charge in [0.15, 0.2) is 0 Å². The van der Waals surface area contributed by atoms with Crippen molar-refractivity contribution in [3.63, 3.8) is 0 Å². The topological polar surface area (TPSA) is 28.4 Å². The van der Waals surface area contributed by atoms with Gasteiger partial charge in [-0.25, -0.2) is 0 Å². The van der Waals surface area contributed by atoms with Gasteiger partial charge in [-0.3, -0.25) is 4.90 Å². The molecule has 3 nitrogen and oxygen atoms in total. The molecule has 104 valence electrons. The summed E-state index contributed by atoms with van der Waals surface area (Å²) in [6.07, 6.45) is 4.32. The van der Waals surface area contributed by atoms with E-state index in [-0.39, 0.29) is 0 Å². The zero-order valence-electron chi connectivity index (χ0n) is 12.3. The van der Waals surface area contributed by atoms with Crippen LogP contribution in [0.2, 0.25) is 0 Å². The maximum Gasteiger partial charge on any atom is 0.122 e. The van der Waals surface area contributed by atoms with Gasteiger partial charge in [0, 0.05) is 18.7 Å². The summed E-state index contributed by atoms with van der Waals surface area (Å²) < 4.78 is 5.62. The Morgan fingerprint density at radius 3 is 2.56 bits per heavy atom. The van der Waals surface area contributed by atoms with Crippen molar-refractivity contribution in [1.29, 1.82) is 0 Å². The first-order valence-corrected chi connectivity index (χ1v) is 7.17. The van der Waals surface area contributed by atoms with Crippen molar-refractivity contribution in [1.82, 2.24) is 10.2 Å². The summed E-state index contributed by atoms with van der Waals surface area (Å²) in [5.74, 6) is 1.91. The molecule has 1 N–H and O–H groups in total. The van der Waals surface area contributed by atoms with Crippen LogP contribution in [0.3, 0.4) is 0 Å². The normalized spacial score (nSPS) is 11.7. The lowest BCUT2D eigenvalue weighted by molar-refractivity contribution is 0.210. The van der Waals surface area contributed by atoms with Crippen LogP contribution in [0.4, 0.5) is 0 Å². The third-order valence-corrected chi connectivity index (χ3v) is 3.69. The van der Waals surface area contributed by atoms with Crippen LogP contribution in [0.25, 0.3) is 0 Å². The Balaban J connectivity index is 2.58. The number of hydrogen-bond donors (Lipinski definition) is 1. The smallest absolute Gasteiger partial charge is 0.122 e. The minimum atomic E-state index is 0.799. The lowest BCUT2D eigenvalue weighted by Crippen LogP contribution is -2.29. The van der Waals surface area contributed by atoms with E-state index in [4.69, 9.17) is 4.42 Å². The van der Waals surface area contributed by atoms with Gasteiger partial charge in [0.2, 0.25) is 0 Å². The maximum absolute atomic E-state index is 5.62. The molecule has 0 aliphatic heterocycles. The molecule has 18 heavy (non-hydrogen) atoms. The van der Waals surface area contributed by atoms with Gasteiger partial charge in [-0.05, 0) is 25.6 Å². The zero-order valence-corrected chi connectivity index (χ0v) is 12.3. The molecule has 0 saturated carbocycles. The van der Waals surface area contributed by atoms with Crippen molar-refractivity contribution in [3.8, 4) is 0 Å². The van der Waals surface area contributed by atoms with E-state index in [9.17, 15) is 0 Å². The first-order chi connectivity index (χ1) is 8.74. The van der Waals surface area contributed by atoms with Crippen LogP contribution in [-0.2, 0) is 13.1 Å². The number of hydrogen-bond acceptors (Lipinski definition) is 3. The highest BCUT2D eigenvalue weighted by Gasteiger charge is 2.14. The van der Waals surface area contributed by atoms with Crippen LogP contribution in [-0.4, -0.2) is 25.0 Å².